The molecular weight excluding hydrogens is 289 g/mol. The third-order valence-corrected chi connectivity index (χ3v) is 5.94. The number of rotatable bonds is 2. The SMILES string of the molecule is CC1CCCC(C)N1S(=O)(=O)c1cc(Cl)ccc1F. The van der Waals surface area contributed by atoms with Crippen molar-refractivity contribution in [2.45, 2.75) is 50.1 Å². The van der Waals surface area contributed by atoms with Gasteiger partial charge in [-0.1, -0.05) is 18.0 Å². The predicted molar refractivity (Wildman–Crippen MR) is 73.2 cm³/mol. The van der Waals surface area contributed by atoms with Crippen LogP contribution in [0.25, 0.3) is 0 Å². The van der Waals surface area contributed by atoms with Crippen LogP contribution in [-0.4, -0.2) is 24.8 Å². The minimum atomic E-state index is -3.84. The van der Waals surface area contributed by atoms with Crippen LogP contribution >= 0.6 is 11.6 Å². The van der Waals surface area contributed by atoms with Gasteiger partial charge in [0.25, 0.3) is 0 Å². The van der Waals surface area contributed by atoms with Crippen molar-refractivity contribution in [3.8, 4) is 0 Å². The lowest BCUT2D eigenvalue weighted by atomic mass is 10.0. The molecule has 6 heteroatoms. The predicted octanol–water partition coefficient (Wildman–Crippen LogP) is 3.43. The van der Waals surface area contributed by atoms with Gasteiger partial charge in [-0.15, -0.1) is 0 Å². The summed E-state index contributed by atoms with van der Waals surface area (Å²) in [4.78, 5) is -0.333. The van der Waals surface area contributed by atoms with E-state index in [1.165, 1.54) is 16.4 Å². The van der Waals surface area contributed by atoms with Gasteiger partial charge in [-0.3, -0.25) is 0 Å². The van der Waals surface area contributed by atoms with Crippen molar-refractivity contribution in [2.75, 3.05) is 0 Å². The van der Waals surface area contributed by atoms with E-state index in [1.54, 1.807) is 0 Å². The molecule has 0 radical (unpaired) electrons. The first kappa shape index (κ1) is 14.8. The Balaban J connectivity index is 2.49. The van der Waals surface area contributed by atoms with E-state index < -0.39 is 15.8 Å². The van der Waals surface area contributed by atoms with Crippen LogP contribution in [0.4, 0.5) is 4.39 Å². The topological polar surface area (TPSA) is 37.4 Å². The molecule has 1 heterocycles. The summed E-state index contributed by atoms with van der Waals surface area (Å²) in [7, 11) is -3.84. The molecule has 106 valence electrons. The van der Waals surface area contributed by atoms with Crippen LogP contribution in [-0.2, 0) is 10.0 Å². The number of nitrogens with zero attached hydrogens (tertiary/aromatic N) is 1. The second kappa shape index (κ2) is 5.38. The highest BCUT2D eigenvalue weighted by Gasteiger charge is 2.37. The molecule has 1 aliphatic heterocycles. The molecule has 0 N–H and O–H groups in total. The Morgan fingerprint density at radius 1 is 1.26 bits per heavy atom. The van der Waals surface area contributed by atoms with Gasteiger partial charge in [0.15, 0.2) is 0 Å². The molecule has 0 spiro atoms. The lowest BCUT2D eigenvalue weighted by molar-refractivity contribution is 0.203. The molecule has 1 fully saturated rings. The van der Waals surface area contributed by atoms with E-state index in [4.69, 9.17) is 11.6 Å². The summed E-state index contributed by atoms with van der Waals surface area (Å²) >= 11 is 5.78. The molecule has 0 saturated carbocycles. The van der Waals surface area contributed by atoms with Crippen LogP contribution in [0.2, 0.25) is 5.02 Å². The average Bonchev–Trinajstić information content (AvgIpc) is 2.31. The van der Waals surface area contributed by atoms with E-state index in [0.717, 1.165) is 25.3 Å². The largest absolute Gasteiger partial charge is 0.246 e. The van der Waals surface area contributed by atoms with Gasteiger partial charge >= 0.3 is 0 Å². The van der Waals surface area contributed by atoms with E-state index in [-0.39, 0.29) is 22.0 Å². The van der Waals surface area contributed by atoms with Crippen molar-refractivity contribution < 1.29 is 12.8 Å². The Kier molecular flexibility index (Phi) is 4.18. The Labute approximate surface area is 118 Å². The molecule has 0 aliphatic carbocycles. The van der Waals surface area contributed by atoms with Gasteiger partial charge < -0.3 is 0 Å². The second-order valence-electron chi connectivity index (χ2n) is 5.04. The first-order valence-electron chi connectivity index (χ1n) is 6.32. The number of sulfonamides is 1. The Morgan fingerprint density at radius 2 is 1.84 bits per heavy atom. The first-order chi connectivity index (χ1) is 8.84. The van der Waals surface area contributed by atoms with Crippen molar-refractivity contribution in [1.29, 1.82) is 0 Å². The standard InChI is InChI=1S/C13H17ClFNO2S/c1-9-4-3-5-10(2)16(9)19(17,18)13-8-11(14)6-7-12(13)15/h6-10H,3-5H2,1-2H3. The van der Waals surface area contributed by atoms with E-state index in [9.17, 15) is 12.8 Å². The van der Waals surface area contributed by atoms with Crippen molar-refractivity contribution in [1.82, 2.24) is 4.31 Å². The fraction of sp³-hybridized carbons (Fsp3) is 0.538. The molecule has 2 rings (SSSR count). The molecule has 1 aromatic rings. The van der Waals surface area contributed by atoms with Crippen molar-refractivity contribution in [2.24, 2.45) is 0 Å². The maximum Gasteiger partial charge on any atom is 0.246 e. The molecule has 1 aromatic carbocycles. The molecule has 19 heavy (non-hydrogen) atoms. The molecule has 0 bridgehead atoms. The van der Waals surface area contributed by atoms with Crippen LogP contribution in [0, 0.1) is 5.82 Å². The summed E-state index contributed by atoms with van der Waals surface area (Å²) in [5.41, 5.74) is 0. The van der Waals surface area contributed by atoms with Gasteiger partial charge in [0.2, 0.25) is 10.0 Å². The Bertz CT molecular complexity index is 566. The van der Waals surface area contributed by atoms with Gasteiger partial charge in [0.05, 0.1) is 0 Å². The van der Waals surface area contributed by atoms with E-state index >= 15 is 0 Å². The zero-order valence-corrected chi connectivity index (χ0v) is 12.5. The normalized spacial score (nSPS) is 25.5. The molecule has 1 aliphatic rings. The van der Waals surface area contributed by atoms with E-state index in [1.807, 2.05) is 13.8 Å². The number of piperidine rings is 1. The maximum absolute atomic E-state index is 13.8. The summed E-state index contributed by atoms with van der Waals surface area (Å²) in [6.07, 6.45) is 2.59. The van der Waals surface area contributed by atoms with Crippen LogP contribution in [0.15, 0.2) is 23.1 Å². The average molecular weight is 306 g/mol. The minimum absolute atomic E-state index is 0.118. The van der Waals surface area contributed by atoms with Crippen LogP contribution < -0.4 is 0 Å². The summed E-state index contributed by atoms with van der Waals surface area (Å²) < 4.78 is 40.4. The monoisotopic (exact) mass is 305 g/mol. The molecule has 1 saturated heterocycles. The van der Waals surface area contributed by atoms with Gasteiger partial charge in [0.1, 0.15) is 10.7 Å². The highest BCUT2D eigenvalue weighted by Crippen LogP contribution is 2.31. The fourth-order valence-electron chi connectivity index (χ4n) is 2.66. The lowest BCUT2D eigenvalue weighted by Gasteiger charge is -2.37. The van der Waals surface area contributed by atoms with Gasteiger partial charge in [-0.25, -0.2) is 12.8 Å². The second-order valence-corrected chi connectivity index (χ2v) is 7.29. The summed E-state index contributed by atoms with van der Waals surface area (Å²) in [5, 5.41) is 0.220. The van der Waals surface area contributed by atoms with E-state index in [2.05, 4.69) is 0 Å². The highest BCUT2D eigenvalue weighted by atomic mass is 35.5. The zero-order chi connectivity index (χ0) is 14.2. The molecule has 3 nitrogen and oxygen atoms in total. The third kappa shape index (κ3) is 2.78. The van der Waals surface area contributed by atoms with Crippen LogP contribution in [0.5, 0.6) is 0 Å². The van der Waals surface area contributed by atoms with Gasteiger partial charge in [-0.05, 0) is 44.9 Å². The smallest absolute Gasteiger partial charge is 0.207 e. The number of halogens is 2. The quantitative estimate of drug-likeness (QED) is 0.839. The number of benzene rings is 1. The van der Waals surface area contributed by atoms with Crippen molar-refractivity contribution in [3.05, 3.63) is 29.0 Å². The molecule has 0 aromatic heterocycles. The van der Waals surface area contributed by atoms with Gasteiger partial charge in [0, 0.05) is 17.1 Å². The lowest BCUT2D eigenvalue weighted by Crippen LogP contribution is -2.47. The van der Waals surface area contributed by atoms with Crippen LogP contribution in [0.1, 0.15) is 33.1 Å². The van der Waals surface area contributed by atoms with E-state index in [0.29, 0.717) is 0 Å². The van der Waals surface area contributed by atoms with Crippen molar-refractivity contribution in [3.63, 3.8) is 0 Å². The maximum atomic E-state index is 13.8. The first-order valence-corrected chi connectivity index (χ1v) is 8.14. The van der Waals surface area contributed by atoms with Crippen molar-refractivity contribution >= 4 is 21.6 Å². The summed E-state index contributed by atoms with van der Waals surface area (Å²) in [6, 6.07) is 3.38. The Morgan fingerprint density at radius 3 is 2.42 bits per heavy atom. The number of hydrogen-bond donors (Lipinski definition) is 0. The minimum Gasteiger partial charge on any atom is -0.207 e. The Hall–Kier alpha value is -0.650. The van der Waals surface area contributed by atoms with Gasteiger partial charge in [-0.2, -0.15) is 4.31 Å². The summed E-state index contributed by atoms with van der Waals surface area (Å²) in [5.74, 6) is -0.755. The molecule has 0 amide bonds. The molecular formula is C13H17ClFNO2S. The number of hydrogen-bond acceptors (Lipinski definition) is 2. The third-order valence-electron chi connectivity index (χ3n) is 3.56. The summed E-state index contributed by atoms with van der Waals surface area (Å²) in [6.45, 7) is 3.71. The molecule has 2 atom stereocenters. The molecule has 2 unspecified atom stereocenters. The van der Waals surface area contributed by atoms with Crippen LogP contribution in [0.3, 0.4) is 0 Å². The highest BCUT2D eigenvalue weighted by molar-refractivity contribution is 7.89. The zero-order valence-electron chi connectivity index (χ0n) is 10.9. The fourth-order valence-corrected chi connectivity index (χ4v) is 4.87.